The monoisotopic (exact) mass is 333 g/mol. The Balaban J connectivity index is 2.50. The highest BCUT2D eigenvalue weighted by Crippen LogP contribution is 2.25. The third-order valence-corrected chi connectivity index (χ3v) is 4.61. The Morgan fingerprint density at radius 1 is 1.39 bits per heavy atom. The highest BCUT2D eigenvalue weighted by molar-refractivity contribution is 7.13. The molecule has 118 valence electrons. The topological polar surface area (TPSA) is 85.1 Å². The Kier molecular flexibility index (Phi) is 3.69. The van der Waals surface area contributed by atoms with Gasteiger partial charge in [-0.25, -0.2) is 9.18 Å². The lowest BCUT2D eigenvalue weighted by Crippen LogP contribution is -2.25. The van der Waals surface area contributed by atoms with Gasteiger partial charge < -0.3 is 5.11 Å². The standard InChI is InChI=1S/C15H12FN3O3S/c1-3-10-17-18-15(23-10)19-7(2)11(14(21)22)8-5-4-6-9(16)12(8)13(19)20/h4-6H,3H2,1-2H3,(H,21,22). The summed E-state index contributed by atoms with van der Waals surface area (Å²) in [7, 11) is 0. The fourth-order valence-corrected chi connectivity index (χ4v) is 3.33. The van der Waals surface area contributed by atoms with Crippen LogP contribution in [0.15, 0.2) is 23.0 Å². The van der Waals surface area contributed by atoms with Gasteiger partial charge in [-0.2, -0.15) is 0 Å². The Morgan fingerprint density at radius 3 is 2.74 bits per heavy atom. The minimum Gasteiger partial charge on any atom is -0.478 e. The van der Waals surface area contributed by atoms with E-state index in [1.165, 1.54) is 30.4 Å². The summed E-state index contributed by atoms with van der Waals surface area (Å²) in [5, 5.41) is 18.1. The number of benzene rings is 1. The number of nitrogens with zero attached hydrogens (tertiary/aromatic N) is 3. The zero-order valence-electron chi connectivity index (χ0n) is 12.3. The van der Waals surface area contributed by atoms with Gasteiger partial charge in [-0.3, -0.25) is 9.36 Å². The third kappa shape index (κ3) is 2.31. The van der Waals surface area contributed by atoms with Crippen molar-refractivity contribution in [1.29, 1.82) is 0 Å². The van der Waals surface area contributed by atoms with E-state index in [1.54, 1.807) is 0 Å². The summed E-state index contributed by atoms with van der Waals surface area (Å²) in [6, 6.07) is 3.94. The number of hydrogen-bond donors (Lipinski definition) is 1. The van der Waals surface area contributed by atoms with Crippen molar-refractivity contribution in [3.8, 4) is 5.13 Å². The number of aromatic carboxylic acids is 1. The number of pyridine rings is 1. The van der Waals surface area contributed by atoms with Crippen molar-refractivity contribution in [3.63, 3.8) is 0 Å². The summed E-state index contributed by atoms with van der Waals surface area (Å²) in [5.74, 6) is -1.99. The first-order valence-electron chi connectivity index (χ1n) is 6.85. The number of carboxylic acid groups (broad SMARTS) is 1. The summed E-state index contributed by atoms with van der Waals surface area (Å²) < 4.78 is 15.3. The van der Waals surface area contributed by atoms with E-state index in [4.69, 9.17) is 0 Å². The Labute approximate surface area is 133 Å². The van der Waals surface area contributed by atoms with Crippen LogP contribution in [0.4, 0.5) is 4.39 Å². The normalized spacial score (nSPS) is 11.1. The van der Waals surface area contributed by atoms with E-state index in [0.29, 0.717) is 11.4 Å². The van der Waals surface area contributed by atoms with E-state index in [0.717, 1.165) is 10.6 Å². The first-order valence-corrected chi connectivity index (χ1v) is 7.67. The molecule has 0 aliphatic rings. The van der Waals surface area contributed by atoms with E-state index in [2.05, 4.69) is 10.2 Å². The van der Waals surface area contributed by atoms with E-state index >= 15 is 0 Å². The molecule has 8 heteroatoms. The molecule has 2 aromatic heterocycles. The van der Waals surface area contributed by atoms with Gasteiger partial charge in [0.25, 0.3) is 5.56 Å². The van der Waals surface area contributed by atoms with Crippen LogP contribution in [-0.4, -0.2) is 25.8 Å². The largest absolute Gasteiger partial charge is 0.478 e. The van der Waals surface area contributed by atoms with Crippen LogP contribution in [0.3, 0.4) is 0 Å². The Morgan fingerprint density at radius 2 is 2.13 bits per heavy atom. The predicted molar refractivity (Wildman–Crippen MR) is 84.0 cm³/mol. The van der Waals surface area contributed by atoms with Gasteiger partial charge in [0.1, 0.15) is 10.8 Å². The summed E-state index contributed by atoms with van der Waals surface area (Å²) in [5.41, 5.74) is -0.564. The second kappa shape index (κ2) is 5.54. The highest BCUT2D eigenvalue weighted by atomic mass is 32.1. The molecule has 1 N–H and O–H groups in total. The number of aryl methyl sites for hydroxylation is 1. The molecular weight excluding hydrogens is 321 g/mol. The van der Waals surface area contributed by atoms with Gasteiger partial charge in [-0.15, -0.1) is 10.2 Å². The maximum atomic E-state index is 14.2. The van der Waals surface area contributed by atoms with Crippen LogP contribution in [0.5, 0.6) is 0 Å². The van der Waals surface area contributed by atoms with Crippen LogP contribution in [0.2, 0.25) is 0 Å². The van der Waals surface area contributed by atoms with Crippen LogP contribution in [0, 0.1) is 12.7 Å². The maximum Gasteiger partial charge on any atom is 0.338 e. The number of rotatable bonds is 3. The molecule has 0 atom stereocenters. The third-order valence-electron chi connectivity index (χ3n) is 3.56. The summed E-state index contributed by atoms with van der Waals surface area (Å²) in [6.07, 6.45) is 0.638. The van der Waals surface area contributed by atoms with E-state index < -0.39 is 17.3 Å². The van der Waals surface area contributed by atoms with Gasteiger partial charge >= 0.3 is 5.97 Å². The highest BCUT2D eigenvalue weighted by Gasteiger charge is 2.23. The average Bonchev–Trinajstić information content (AvgIpc) is 2.95. The number of carboxylic acids is 1. The molecule has 0 saturated heterocycles. The second-order valence-electron chi connectivity index (χ2n) is 4.90. The molecule has 23 heavy (non-hydrogen) atoms. The lowest BCUT2D eigenvalue weighted by Gasteiger charge is -2.12. The Hall–Kier alpha value is -2.61. The van der Waals surface area contributed by atoms with Crippen molar-refractivity contribution < 1.29 is 14.3 Å². The van der Waals surface area contributed by atoms with E-state index in [-0.39, 0.29) is 27.2 Å². The minimum atomic E-state index is -1.23. The molecule has 0 radical (unpaired) electrons. The molecular formula is C15H12FN3O3S. The quantitative estimate of drug-likeness (QED) is 0.796. The van der Waals surface area contributed by atoms with Crippen molar-refractivity contribution in [3.05, 3.63) is 50.6 Å². The van der Waals surface area contributed by atoms with Gasteiger partial charge in [-0.05, 0) is 19.4 Å². The molecule has 0 bridgehead atoms. The number of carbonyl (C=O) groups is 1. The second-order valence-corrected chi connectivity index (χ2v) is 5.94. The van der Waals surface area contributed by atoms with Gasteiger partial charge in [0.15, 0.2) is 0 Å². The number of fused-ring (bicyclic) bond motifs is 1. The summed E-state index contributed by atoms with van der Waals surface area (Å²) in [4.78, 5) is 24.3. The van der Waals surface area contributed by atoms with E-state index in [1.807, 2.05) is 6.92 Å². The van der Waals surface area contributed by atoms with Crippen molar-refractivity contribution >= 4 is 28.1 Å². The molecule has 0 spiro atoms. The van der Waals surface area contributed by atoms with Gasteiger partial charge in [0.2, 0.25) is 5.13 Å². The SMILES string of the molecule is CCc1nnc(-n2c(C)c(C(=O)O)c3cccc(F)c3c2=O)s1. The van der Waals surface area contributed by atoms with Crippen LogP contribution in [0.25, 0.3) is 15.9 Å². The molecule has 2 heterocycles. The first kappa shape index (κ1) is 15.3. The van der Waals surface area contributed by atoms with Crippen LogP contribution in [0.1, 0.15) is 28.0 Å². The number of aromatic nitrogens is 3. The lowest BCUT2D eigenvalue weighted by molar-refractivity contribution is 0.0697. The molecule has 0 aliphatic carbocycles. The van der Waals surface area contributed by atoms with Crippen molar-refractivity contribution in [2.75, 3.05) is 0 Å². The minimum absolute atomic E-state index is 0.0801. The summed E-state index contributed by atoms with van der Waals surface area (Å²) >= 11 is 1.17. The van der Waals surface area contributed by atoms with Gasteiger partial charge in [-0.1, -0.05) is 30.4 Å². The first-order chi connectivity index (χ1) is 11.0. The molecule has 6 nitrogen and oxygen atoms in total. The van der Waals surface area contributed by atoms with Crippen LogP contribution < -0.4 is 5.56 Å². The number of halogens is 1. The average molecular weight is 333 g/mol. The van der Waals surface area contributed by atoms with Crippen molar-refractivity contribution in [2.24, 2.45) is 0 Å². The van der Waals surface area contributed by atoms with Gasteiger partial charge in [0.05, 0.1) is 10.9 Å². The van der Waals surface area contributed by atoms with E-state index in [9.17, 15) is 19.1 Å². The fourth-order valence-electron chi connectivity index (χ4n) is 2.50. The molecule has 0 unspecified atom stereocenters. The maximum absolute atomic E-state index is 14.2. The molecule has 0 aliphatic heterocycles. The van der Waals surface area contributed by atoms with Crippen molar-refractivity contribution in [1.82, 2.24) is 14.8 Å². The molecule has 3 aromatic rings. The van der Waals surface area contributed by atoms with Crippen LogP contribution >= 0.6 is 11.3 Å². The Bertz CT molecular complexity index is 994. The summed E-state index contributed by atoms with van der Waals surface area (Å²) in [6.45, 7) is 3.39. The zero-order valence-corrected chi connectivity index (χ0v) is 13.1. The molecule has 1 aromatic carbocycles. The van der Waals surface area contributed by atoms with Crippen LogP contribution in [-0.2, 0) is 6.42 Å². The van der Waals surface area contributed by atoms with Gasteiger partial charge in [0, 0.05) is 11.1 Å². The fraction of sp³-hybridized carbons (Fsp3) is 0.200. The smallest absolute Gasteiger partial charge is 0.338 e. The molecule has 0 amide bonds. The molecule has 3 rings (SSSR count). The number of hydrogen-bond acceptors (Lipinski definition) is 5. The molecule has 0 fully saturated rings. The predicted octanol–water partition coefficient (Wildman–Crippen LogP) is 2.55. The zero-order chi connectivity index (χ0) is 16.7. The van der Waals surface area contributed by atoms with Crippen molar-refractivity contribution in [2.45, 2.75) is 20.3 Å². The molecule has 0 saturated carbocycles. The lowest BCUT2D eigenvalue weighted by atomic mass is 10.0.